The molecule has 0 spiro atoms. The summed E-state index contributed by atoms with van der Waals surface area (Å²) in [4.78, 5) is 54.0. The normalized spacial score (nSPS) is 12.7. The van der Waals surface area contributed by atoms with Crippen molar-refractivity contribution >= 4 is 24.2 Å². The first-order valence-corrected chi connectivity index (χ1v) is 18.1. The molecule has 0 fully saturated rings. The van der Waals surface area contributed by atoms with Crippen molar-refractivity contribution in [1.29, 1.82) is 0 Å². The minimum absolute atomic E-state index is 0.266. The second kappa shape index (κ2) is 20.3. The van der Waals surface area contributed by atoms with Crippen molar-refractivity contribution in [3.8, 4) is 5.75 Å². The van der Waals surface area contributed by atoms with E-state index in [1.165, 1.54) is 0 Å². The summed E-state index contributed by atoms with van der Waals surface area (Å²) in [6, 6.07) is 6.84. The van der Waals surface area contributed by atoms with Crippen LogP contribution in [0.5, 0.6) is 5.75 Å². The van der Waals surface area contributed by atoms with Crippen molar-refractivity contribution in [2.45, 2.75) is 144 Å². The number of ether oxygens (including phenoxy) is 4. The third-order valence-electron chi connectivity index (χ3n) is 6.73. The van der Waals surface area contributed by atoms with E-state index in [1.54, 1.807) is 30.6 Å². The number of carbonyl (C=O) groups is 4. The van der Waals surface area contributed by atoms with Crippen molar-refractivity contribution < 1.29 is 38.1 Å². The molecule has 1 aromatic rings. The molecule has 0 aliphatic rings. The molecule has 292 valence electrons. The van der Waals surface area contributed by atoms with E-state index in [0.29, 0.717) is 71.4 Å². The van der Waals surface area contributed by atoms with E-state index >= 15 is 0 Å². The van der Waals surface area contributed by atoms with Crippen LogP contribution < -0.4 is 21.1 Å². The van der Waals surface area contributed by atoms with E-state index < -0.39 is 41.1 Å². The average Bonchev–Trinajstić information content (AvgIpc) is 2.94. The summed E-state index contributed by atoms with van der Waals surface area (Å²) in [5.41, 5.74) is 4.89. The van der Waals surface area contributed by atoms with Crippen LogP contribution in [0.15, 0.2) is 24.3 Å². The monoisotopic (exact) mass is 721 g/mol. The fraction of sp³-hybridized carbons (Fsp3) is 0.737. The van der Waals surface area contributed by atoms with Crippen molar-refractivity contribution in [3.05, 3.63) is 29.8 Å². The molecule has 0 unspecified atom stereocenters. The second-order valence-electron chi connectivity index (χ2n) is 16.7. The quantitative estimate of drug-likeness (QED) is 0.122. The highest BCUT2D eigenvalue weighted by molar-refractivity contribution is 5.81. The van der Waals surface area contributed by atoms with Gasteiger partial charge in [0.1, 0.15) is 28.2 Å². The third kappa shape index (κ3) is 22.6. The smallest absolute Gasteiger partial charge is 0.410 e. The van der Waals surface area contributed by atoms with Crippen LogP contribution in [0.25, 0.3) is 0 Å². The Kier molecular flexibility index (Phi) is 18.1. The van der Waals surface area contributed by atoms with Gasteiger partial charge in [-0.05, 0) is 133 Å². The van der Waals surface area contributed by atoms with Gasteiger partial charge >= 0.3 is 18.3 Å². The molecule has 0 radical (unpaired) electrons. The van der Waals surface area contributed by atoms with Gasteiger partial charge in [0.05, 0.1) is 6.04 Å². The van der Waals surface area contributed by atoms with Gasteiger partial charge in [-0.2, -0.15) is 0 Å². The Morgan fingerprint density at radius 1 is 0.608 bits per heavy atom. The topological polar surface area (TPSA) is 162 Å². The number of carbonyl (C=O) groups excluding carboxylic acids is 4. The number of benzene rings is 1. The average molecular weight is 722 g/mol. The molecule has 4 N–H and O–H groups in total. The van der Waals surface area contributed by atoms with Crippen LogP contribution in [-0.4, -0.2) is 102 Å². The summed E-state index contributed by atoms with van der Waals surface area (Å²) in [6.07, 6.45) is 1.21. The van der Waals surface area contributed by atoms with Gasteiger partial charge in [-0.1, -0.05) is 12.1 Å². The lowest BCUT2D eigenvalue weighted by molar-refractivity contribution is -0.122. The Bertz CT molecular complexity index is 1230. The summed E-state index contributed by atoms with van der Waals surface area (Å²) in [5.74, 6) is 0.487. The van der Waals surface area contributed by atoms with Gasteiger partial charge in [-0.3, -0.25) is 4.79 Å². The molecule has 0 saturated carbocycles. The van der Waals surface area contributed by atoms with Gasteiger partial charge in [0.2, 0.25) is 5.91 Å². The van der Waals surface area contributed by atoms with E-state index in [9.17, 15) is 19.2 Å². The molecular formula is C38H67N5O8. The van der Waals surface area contributed by atoms with Gasteiger partial charge in [-0.15, -0.1) is 0 Å². The molecule has 0 bridgehead atoms. The molecule has 4 amide bonds. The zero-order chi connectivity index (χ0) is 39.0. The fourth-order valence-corrected chi connectivity index (χ4v) is 4.63. The summed E-state index contributed by atoms with van der Waals surface area (Å²) in [6.45, 7) is 24.4. The second-order valence-corrected chi connectivity index (χ2v) is 16.7. The summed E-state index contributed by atoms with van der Waals surface area (Å²) < 4.78 is 22.4. The first-order chi connectivity index (χ1) is 23.3. The van der Waals surface area contributed by atoms with E-state index in [-0.39, 0.29) is 11.5 Å². The van der Waals surface area contributed by atoms with E-state index in [1.807, 2.05) is 86.6 Å². The Morgan fingerprint density at radius 3 is 1.43 bits per heavy atom. The number of hydrogen-bond acceptors (Lipinski definition) is 9. The van der Waals surface area contributed by atoms with Gasteiger partial charge in [0.15, 0.2) is 0 Å². The molecule has 13 nitrogen and oxygen atoms in total. The maximum absolute atomic E-state index is 13.1. The minimum atomic E-state index is -0.720. The predicted octanol–water partition coefficient (Wildman–Crippen LogP) is 6.41. The number of hydrogen-bond donors (Lipinski definition) is 3. The predicted molar refractivity (Wildman–Crippen MR) is 200 cm³/mol. The number of nitrogens with one attached hydrogen (secondary N) is 2. The lowest BCUT2D eigenvalue weighted by Gasteiger charge is -2.29. The first-order valence-electron chi connectivity index (χ1n) is 18.1. The number of rotatable bonds is 17. The van der Waals surface area contributed by atoms with Crippen LogP contribution >= 0.6 is 0 Å². The van der Waals surface area contributed by atoms with Gasteiger partial charge in [0.25, 0.3) is 0 Å². The number of amides is 4. The van der Waals surface area contributed by atoms with Crippen molar-refractivity contribution in [1.82, 2.24) is 20.4 Å². The lowest BCUT2D eigenvalue weighted by atomic mass is 10.1. The summed E-state index contributed by atoms with van der Waals surface area (Å²) >= 11 is 0. The largest absolute Gasteiger partial charge is 0.488 e. The molecule has 1 atom stereocenters. The molecule has 0 saturated heterocycles. The number of nitrogens with two attached hydrogens (primary N) is 1. The Morgan fingerprint density at radius 2 is 1.02 bits per heavy atom. The van der Waals surface area contributed by atoms with Crippen molar-refractivity contribution in [2.75, 3.05) is 39.3 Å². The standard InChI is InChI=1S/C38H67N5O8/c1-35(2,3)48-29-19-17-28(18-20-29)27-30(39)31(44)40-21-15-25-42(33(46)50-37(7,8)9)23-13-14-24-43(34(47)51-38(10,11)12)26-16-22-41-32(45)49-36(4,5)6/h17-20,30H,13-16,21-27,39H2,1-12H3,(H,40,44)(H,41,45)/t30-/m0/s1. The van der Waals surface area contributed by atoms with Gasteiger partial charge in [-0.25, -0.2) is 14.4 Å². The molecular weight excluding hydrogens is 654 g/mol. The van der Waals surface area contributed by atoms with E-state index in [4.69, 9.17) is 24.7 Å². The summed E-state index contributed by atoms with van der Waals surface area (Å²) in [5, 5.41) is 5.60. The zero-order valence-corrected chi connectivity index (χ0v) is 33.4. The minimum Gasteiger partial charge on any atom is -0.488 e. The van der Waals surface area contributed by atoms with Crippen molar-refractivity contribution in [3.63, 3.8) is 0 Å². The van der Waals surface area contributed by atoms with Crippen LogP contribution in [0.3, 0.4) is 0 Å². The zero-order valence-electron chi connectivity index (χ0n) is 33.4. The molecule has 0 aromatic heterocycles. The molecule has 0 heterocycles. The SMILES string of the molecule is CC(C)(C)OC(=O)NCCCN(CCCCN(CCCNC(=O)[C@@H](N)Cc1ccc(OC(C)(C)C)cc1)C(=O)OC(C)(C)C)C(=O)OC(C)(C)C. The molecule has 1 aromatic carbocycles. The summed E-state index contributed by atoms with van der Waals surface area (Å²) in [7, 11) is 0. The van der Waals surface area contributed by atoms with Crippen molar-refractivity contribution in [2.24, 2.45) is 5.73 Å². The Balaban J connectivity index is 2.68. The van der Waals surface area contributed by atoms with E-state index in [0.717, 1.165) is 11.3 Å². The highest BCUT2D eigenvalue weighted by Gasteiger charge is 2.24. The number of alkyl carbamates (subject to hydrolysis) is 1. The highest BCUT2D eigenvalue weighted by atomic mass is 16.6. The maximum Gasteiger partial charge on any atom is 0.410 e. The van der Waals surface area contributed by atoms with Crippen LogP contribution in [0, 0.1) is 0 Å². The molecule has 1 rings (SSSR count). The molecule has 0 aliphatic heterocycles. The number of unbranched alkanes of at least 4 members (excludes halogenated alkanes) is 1. The van der Waals surface area contributed by atoms with Gasteiger partial charge < -0.3 is 45.1 Å². The maximum atomic E-state index is 13.1. The van der Waals surface area contributed by atoms with Crippen LogP contribution in [0.4, 0.5) is 14.4 Å². The highest BCUT2D eigenvalue weighted by Crippen LogP contribution is 2.19. The van der Waals surface area contributed by atoms with E-state index in [2.05, 4.69) is 10.6 Å². The molecule has 51 heavy (non-hydrogen) atoms. The van der Waals surface area contributed by atoms with Crippen LogP contribution in [0.2, 0.25) is 0 Å². The molecule has 0 aliphatic carbocycles. The Labute approximate surface area is 306 Å². The lowest BCUT2D eigenvalue weighted by Crippen LogP contribution is -2.43. The molecule has 13 heteroatoms. The first kappa shape index (κ1) is 45.3. The third-order valence-corrected chi connectivity index (χ3v) is 6.73. The van der Waals surface area contributed by atoms with Gasteiger partial charge in [0, 0.05) is 39.3 Å². The van der Waals surface area contributed by atoms with Crippen LogP contribution in [-0.2, 0) is 25.4 Å². The fourth-order valence-electron chi connectivity index (χ4n) is 4.63. The van der Waals surface area contributed by atoms with Crippen LogP contribution in [0.1, 0.15) is 114 Å². The number of nitrogens with zero attached hydrogens (tertiary/aromatic N) is 2. The Hall–Kier alpha value is -3.74.